The Kier molecular flexibility index (Phi) is 6.89. The molecule has 0 spiro atoms. The molecule has 1 saturated heterocycles. The van der Waals surface area contributed by atoms with Gasteiger partial charge in [0.25, 0.3) is 0 Å². The van der Waals surface area contributed by atoms with Crippen LogP contribution in [-0.4, -0.2) is 63.6 Å². The van der Waals surface area contributed by atoms with Gasteiger partial charge in [-0.1, -0.05) is 11.6 Å². The summed E-state index contributed by atoms with van der Waals surface area (Å²) in [6, 6.07) is 4.76. The van der Waals surface area contributed by atoms with Crippen LogP contribution < -0.4 is 5.43 Å². The number of carbonyl (C=O) groups is 1. The molecular weight excluding hydrogens is 388 g/mol. The second-order valence-electron chi connectivity index (χ2n) is 7.23. The number of hydrogen-bond acceptors (Lipinski definition) is 5. The SMILES string of the molecule is C/C(=N\NC(=S)N1CCN(C(=O)OC(C)(C)C)CC1)c1cc(Cl)ccc1O. The number of phenolic OH excluding ortho intramolecular Hbond substituents is 1. The molecule has 1 heterocycles. The van der Waals surface area contributed by atoms with Gasteiger partial charge >= 0.3 is 6.09 Å². The predicted octanol–water partition coefficient (Wildman–Crippen LogP) is 3.20. The summed E-state index contributed by atoms with van der Waals surface area (Å²) in [4.78, 5) is 15.7. The fourth-order valence-corrected chi connectivity index (χ4v) is 2.88. The van der Waals surface area contributed by atoms with Gasteiger partial charge in [-0.3, -0.25) is 5.43 Å². The molecule has 1 amide bonds. The molecule has 1 aromatic rings. The van der Waals surface area contributed by atoms with E-state index in [0.717, 1.165) is 0 Å². The van der Waals surface area contributed by atoms with Gasteiger partial charge in [-0.05, 0) is 58.1 Å². The van der Waals surface area contributed by atoms with E-state index in [4.69, 9.17) is 28.6 Å². The lowest BCUT2D eigenvalue weighted by Crippen LogP contribution is -2.53. The number of benzene rings is 1. The van der Waals surface area contributed by atoms with Crippen molar-refractivity contribution in [2.24, 2.45) is 5.10 Å². The minimum absolute atomic E-state index is 0.0966. The van der Waals surface area contributed by atoms with Crippen molar-refractivity contribution in [2.75, 3.05) is 26.2 Å². The molecule has 7 nitrogen and oxygen atoms in total. The standard InChI is InChI=1S/C18H25ClN4O3S/c1-12(14-11-13(19)5-6-15(14)24)20-21-16(27)22-7-9-23(10-8-22)17(25)26-18(2,3)4/h5-6,11,24H,7-10H2,1-4H3,(H,21,27)/b20-12+. The van der Waals surface area contributed by atoms with Gasteiger partial charge in [0.05, 0.1) is 5.71 Å². The number of ether oxygens (including phenoxy) is 1. The highest BCUT2D eigenvalue weighted by Gasteiger charge is 2.26. The van der Waals surface area contributed by atoms with Crippen molar-refractivity contribution in [3.8, 4) is 5.75 Å². The van der Waals surface area contributed by atoms with Crippen molar-refractivity contribution < 1.29 is 14.6 Å². The third kappa shape index (κ3) is 6.25. The number of carbonyl (C=O) groups excluding carboxylic acids is 1. The monoisotopic (exact) mass is 412 g/mol. The molecule has 27 heavy (non-hydrogen) atoms. The zero-order chi connectivity index (χ0) is 20.2. The molecule has 2 N–H and O–H groups in total. The van der Waals surface area contributed by atoms with E-state index < -0.39 is 5.60 Å². The zero-order valence-electron chi connectivity index (χ0n) is 16.0. The third-order valence-corrected chi connectivity index (χ3v) is 4.47. The van der Waals surface area contributed by atoms with Gasteiger partial charge < -0.3 is 19.6 Å². The molecular formula is C18H25ClN4O3S. The largest absolute Gasteiger partial charge is 0.507 e. The van der Waals surface area contributed by atoms with Crippen molar-refractivity contribution in [3.05, 3.63) is 28.8 Å². The van der Waals surface area contributed by atoms with Crippen LogP contribution in [0.15, 0.2) is 23.3 Å². The highest BCUT2D eigenvalue weighted by molar-refractivity contribution is 7.80. The molecule has 0 atom stereocenters. The Morgan fingerprint density at radius 2 is 1.85 bits per heavy atom. The number of hydrazone groups is 1. The van der Waals surface area contributed by atoms with Gasteiger partial charge in [0.1, 0.15) is 11.4 Å². The molecule has 9 heteroatoms. The van der Waals surface area contributed by atoms with Crippen LogP contribution in [0.25, 0.3) is 0 Å². The number of phenols is 1. The van der Waals surface area contributed by atoms with E-state index in [0.29, 0.717) is 47.6 Å². The lowest BCUT2D eigenvalue weighted by atomic mass is 10.1. The Morgan fingerprint density at radius 1 is 1.26 bits per heavy atom. The molecule has 1 aliphatic rings. The highest BCUT2D eigenvalue weighted by atomic mass is 35.5. The second-order valence-corrected chi connectivity index (χ2v) is 8.05. The van der Waals surface area contributed by atoms with E-state index in [1.54, 1.807) is 24.0 Å². The average Bonchev–Trinajstić information content (AvgIpc) is 2.60. The second kappa shape index (κ2) is 8.75. The van der Waals surface area contributed by atoms with Crippen LogP contribution in [0.3, 0.4) is 0 Å². The summed E-state index contributed by atoms with van der Waals surface area (Å²) in [7, 11) is 0. The molecule has 1 aliphatic heterocycles. The number of hydrogen-bond donors (Lipinski definition) is 2. The first-order chi connectivity index (χ1) is 12.6. The first kappa shape index (κ1) is 21.2. The van der Waals surface area contributed by atoms with Gasteiger partial charge in [-0.25, -0.2) is 4.79 Å². The van der Waals surface area contributed by atoms with Crippen molar-refractivity contribution in [2.45, 2.75) is 33.3 Å². The fraction of sp³-hybridized carbons (Fsp3) is 0.500. The van der Waals surface area contributed by atoms with E-state index in [2.05, 4.69) is 10.5 Å². The van der Waals surface area contributed by atoms with Crippen LogP contribution >= 0.6 is 23.8 Å². The summed E-state index contributed by atoms with van der Waals surface area (Å²) in [5.41, 5.74) is 3.42. The number of amides is 1. The first-order valence-electron chi connectivity index (χ1n) is 8.63. The van der Waals surface area contributed by atoms with E-state index >= 15 is 0 Å². The Hall–Kier alpha value is -2.06. The quantitative estimate of drug-likeness (QED) is 0.441. The van der Waals surface area contributed by atoms with Crippen LogP contribution in [0.2, 0.25) is 5.02 Å². The number of piperazine rings is 1. The Morgan fingerprint density at radius 3 is 2.44 bits per heavy atom. The van der Waals surface area contributed by atoms with Crippen LogP contribution in [0.1, 0.15) is 33.3 Å². The minimum Gasteiger partial charge on any atom is -0.507 e. The molecule has 0 aromatic heterocycles. The Labute approximate surface area is 169 Å². The molecule has 1 fully saturated rings. The molecule has 0 aliphatic carbocycles. The summed E-state index contributed by atoms with van der Waals surface area (Å²) in [6.45, 7) is 9.50. The van der Waals surface area contributed by atoms with Gasteiger partial charge in [0.2, 0.25) is 0 Å². The van der Waals surface area contributed by atoms with Crippen LogP contribution in [-0.2, 0) is 4.74 Å². The molecule has 148 valence electrons. The Balaban J connectivity index is 1.89. The normalized spacial score (nSPS) is 15.5. The zero-order valence-corrected chi connectivity index (χ0v) is 17.5. The molecule has 0 radical (unpaired) electrons. The van der Waals surface area contributed by atoms with Crippen molar-refractivity contribution in [3.63, 3.8) is 0 Å². The maximum Gasteiger partial charge on any atom is 0.410 e. The maximum atomic E-state index is 12.1. The number of thiocarbonyl (C=S) groups is 1. The Bertz CT molecular complexity index is 741. The van der Waals surface area contributed by atoms with Gasteiger partial charge in [-0.2, -0.15) is 5.10 Å². The molecule has 0 unspecified atom stereocenters. The van der Waals surface area contributed by atoms with Gasteiger partial charge in [0.15, 0.2) is 5.11 Å². The predicted molar refractivity (Wildman–Crippen MR) is 110 cm³/mol. The summed E-state index contributed by atoms with van der Waals surface area (Å²) in [5, 5.41) is 15.1. The van der Waals surface area contributed by atoms with Gasteiger partial charge in [-0.15, -0.1) is 0 Å². The summed E-state index contributed by atoms with van der Waals surface area (Å²) in [5.74, 6) is 0.0966. The first-order valence-corrected chi connectivity index (χ1v) is 9.41. The average molecular weight is 413 g/mol. The summed E-state index contributed by atoms with van der Waals surface area (Å²) >= 11 is 11.3. The molecule has 0 saturated carbocycles. The van der Waals surface area contributed by atoms with Crippen LogP contribution in [0.5, 0.6) is 5.75 Å². The molecule has 1 aromatic carbocycles. The maximum absolute atomic E-state index is 12.1. The molecule has 0 bridgehead atoms. The number of halogens is 1. The van der Waals surface area contributed by atoms with Crippen molar-refractivity contribution in [1.29, 1.82) is 0 Å². The third-order valence-electron chi connectivity index (χ3n) is 3.89. The minimum atomic E-state index is -0.511. The smallest absolute Gasteiger partial charge is 0.410 e. The van der Waals surface area contributed by atoms with Crippen molar-refractivity contribution in [1.82, 2.24) is 15.2 Å². The van der Waals surface area contributed by atoms with Crippen LogP contribution in [0.4, 0.5) is 4.79 Å². The number of nitrogens with zero attached hydrogens (tertiary/aromatic N) is 3. The highest BCUT2D eigenvalue weighted by Crippen LogP contribution is 2.22. The molecule has 2 rings (SSSR count). The fourth-order valence-electron chi connectivity index (χ4n) is 2.48. The number of rotatable bonds is 2. The van der Waals surface area contributed by atoms with E-state index in [1.165, 1.54) is 6.07 Å². The summed E-state index contributed by atoms with van der Waals surface area (Å²) < 4.78 is 5.39. The van der Waals surface area contributed by atoms with E-state index in [-0.39, 0.29) is 11.8 Å². The summed E-state index contributed by atoms with van der Waals surface area (Å²) in [6.07, 6.45) is -0.314. The van der Waals surface area contributed by atoms with Gasteiger partial charge in [0, 0.05) is 36.8 Å². The lowest BCUT2D eigenvalue weighted by molar-refractivity contribution is 0.0187. The van der Waals surface area contributed by atoms with E-state index in [1.807, 2.05) is 25.7 Å². The topological polar surface area (TPSA) is 77.4 Å². The van der Waals surface area contributed by atoms with E-state index in [9.17, 15) is 9.90 Å². The number of nitrogens with one attached hydrogen (secondary N) is 1. The van der Waals surface area contributed by atoms with Crippen LogP contribution in [0, 0.1) is 0 Å². The number of aromatic hydroxyl groups is 1. The van der Waals surface area contributed by atoms with Crippen molar-refractivity contribution >= 4 is 40.7 Å². The lowest BCUT2D eigenvalue weighted by Gasteiger charge is -2.36.